The minimum atomic E-state index is 0. The Balaban J connectivity index is 0.00000220. The van der Waals surface area contributed by atoms with Crippen LogP contribution in [-0.2, 0) is 6.54 Å². The fourth-order valence-electron chi connectivity index (χ4n) is 2.61. The molecule has 0 aromatic heterocycles. The van der Waals surface area contributed by atoms with Crippen LogP contribution in [0.15, 0.2) is 18.2 Å². The standard InChI is InChI=1S/C16H26N2O2.ClH/c1-4-19-15-7-6-14(10-16(15)20-5-2)12-18-9-8-17-13(3)11-18;/h6-7,10,13,17H,4-5,8-9,11-12H2,1-3H3;1H. The smallest absolute Gasteiger partial charge is 0.161 e. The minimum Gasteiger partial charge on any atom is -0.490 e. The summed E-state index contributed by atoms with van der Waals surface area (Å²) in [7, 11) is 0. The summed E-state index contributed by atoms with van der Waals surface area (Å²) >= 11 is 0. The van der Waals surface area contributed by atoms with Crippen molar-refractivity contribution in [1.29, 1.82) is 0 Å². The second-order valence-electron chi connectivity index (χ2n) is 5.24. The van der Waals surface area contributed by atoms with Crippen LogP contribution in [0.2, 0.25) is 0 Å². The van der Waals surface area contributed by atoms with Crippen LogP contribution >= 0.6 is 12.4 Å². The highest BCUT2D eigenvalue weighted by Gasteiger charge is 2.16. The summed E-state index contributed by atoms with van der Waals surface area (Å²) in [5.41, 5.74) is 1.28. The lowest BCUT2D eigenvalue weighted by Crippen LogP contribution is -2.48. The van der Waals surface area contributed by atoms with Crippen molar-refractivity contribution in [3.05, 3.63) is 23.8 Å². The molecule has 1 fully saturated rings. The van der Waals surface area contributed by atoms with E-state index in [2.05, 4.69) is 29.3 Å². The first-order valence-corrected chi connectivity index (χ1v) is 7.57. The maximum atomic E-state index is 5.68. The Labute approximate surface area is 134 Å². The Morgan fingerprint density at radius 2 is 1.90 bits per heavy atom. The molecule has 1 unspecified atom stereocenters. The van der Waals surface area contributed by atoms with Gasteiger partial charge in [-0.05, 0) is 38.5 Å². The Bertz CT molecular complexity index is 429. The summed E-state index contributed by atoms with van der Waals surface area (Å²) in [6.07, 6.45) is 0. The molecule has 1 heterocycles. The number of benzene rings is 1. The van der Waals surface area contributed by atoms with Gasteiger partial charge < -0.3 is 14.8 Å². The second kappa shape index (κ2) is 9.13. The number of rotatable bonds is 6. The van der Waals surface area contributed by atoms with Crippen molar-refractivity contribution in [2.45, 2.75) is 33.4 Å². The molecule has 1 aromatic carbocycles. The lowest BCUT2D eigenvalue weighted by Gasteiger charge is -2.31. The molecule has 4 nitrogen and oxygen atoms in total. The summed E-state index contributed by atoms with van der Waals surface area (Å²) in [6, 6.07) is 6.84. The SMILES string of the molecule is CCOc1ccc(CN2CCNC(C)C2)cc1OCC.Cl. The quantitative estimate of drug-likeness (QED) is 0.875. The van der Waals surface area contributed by atoms with Crippen LogP contribution < -0.4 is 14.8 Å². The van der Waals surface area contributed by atoms with Crippen LogP contribution in [-0.4, -0.2) is 43.8 Å². The number of hydrogen-bond donors (Lipinski definition) is 1. The van der Waals surface area contributed by atoms with E-state index in [1.807, 2.05) is 19.9 Å². The second-order valence-corrected chi connectivity index (χ2v) is 5.24. The van der Waals surface area contributed by atoms with E-state index in [0.717, 1.165) is 37.7 Å². The fourth-order valence-corrected chi connectivity index (χ4v) is 2.61. The molecule has 0 radical (unpaired) electrons. The van der Waals surface area contributed by atoms with Crippen LogP contribution in [0.4, 0.5) is 0 Å². The molecule has 1 saturated heterocycles. The number of nitrogens with one attached hydrogen (secondary N) is 1. The van der Waals surface area contributed by atoms with Crippen molar-refractivity contribution in [3.63, 3.8) is 0 Å². The molecule has 5 heteroatoms. The average molecular weight is 315 g/mol. The summed E-state index contributed by atoms with van der Waals surface area (Å²) in [6.45, 7) is 11.8. The van der Waals surface area contributed by atoms with Crippen LogP contribution in [0, 0.1) is 0 Å². The predicted molar refractivity (Wildman–Crippen MR) is 88.8 cm³/mol. The first-order valence-electron chi connectivity index (χ1n) is 7.57. The summed E-state index contributed by atoms with van der Waals surface area (Å²) in [5, 5.41) is 3.47. The molecule has 0 saturated carbocycles. The van der Waals surface area contributed by atoms with Crippen molar-refractivity contribution in [1.82, 2.24) is 10.2 Å². The van der Waals surface area contributed by atoms with Gasteiger partial charge in [-0.3, -0.25) is 4.90 Å². The topological polar surface area (TPSA) is 33.7 Å². The van der Waals surface area contributed by atoms with E-state index in [-0.39, 0.29) is 12.4 Å². The number of halogens is 1. The zero-order valence-corrected chi connectivity index (χ0v) is 14.0. The Kier molecular flexibility index (Phi) is 7.86. The first-order chi connectivity index (χ1) is 9.72. The normalized spacial score (nSPS) is 18.9. The van der Waals surface area contributed by atoms with Gasteiger partial charge in [0.25, 0.3) is 0 Å². The maximum absolute atomic E-state index is 5.68. The van der Waals surface area contributed by atoms with Gasteiger partial charge in [0, 0.05) is 32.2 Å². The summed E-state index contributed by atoms with van der Waals surface area (Å²) in [4.78, 5) is 2.48. The third kappa shape index (κ3) is 5.38. The predicted octanol–water partition coefficient (Wildman–Crippen LogP) is 2.70. The van der Waals surface area contributed by atoms with Crippen molar-refractivity contribution in [2.24, 2.45) is 0 Å². The highest BCUT2D eigenvalue weighted by Crippen LogP contribution is 2.29. The number of nitrogens with zero attached hydrogens (tertiary/aromatic N) is 1. The van der Waals surface area contributed by atoms with E-state index >= 15 is 0 Å². The third-order valence-corrected chi connectivity index (χ3v) is 3.47. The largest absolute Gasteiger partial charge is 0.490 e. The van der Waals surface area contributed by atoms with Gasteiger partial charge in [-0.2, -0.15) is 0 Å². The number of hydrogen-bond acceptors (Lipinski definition) is 4. The molecule has 1 N–H and O–H groups in total. The lowest BCUT2D eigenvalue weighted by molar-refractivity contribution is 0.199. The van der Waals surface area contributed by atoms with Crippen molar-refractivity contribution in [3.8, 4) is 11.5 Å². The highest BCUT2D eigenvalue weighted by molar-refractivity contribution is 5.85. The van der Waals surface area contributed by atoms with Crippen LogP contribution in [0.3, 0.4) is 0 Å². The zero-order chi connectivity index (χ0) is 14.4. The highest BCUT2D eigenvalue weighted by atomic mass is 35.5. The van der Waals surface area contributed by atoms with Crippen LogP contribution in [0.25, 0.3) is 0 Å². The van der Waals surface area contributed by atoms with Gasteiger partial charge in [-0.1, -0.05) is 6.07 Å². The Morgan fingerprint density at radius 1 is 1.19 bits per heavy atom. The summed E-state index contributed by atoms with van der Waals surface area (Å²) < 4.78 is 11.3. The molecule has 1 aliphatic heterocycles. The van der Waals surface area contributed by atoms with Crippen molar-refractivity contribution in [2.75, 3.05) is 32.8 Å². The molecule has 0 aliphatic carbocycles. The summed E-state index contributed by atoms with van der Waals surface area (Å²) in [5.74, 6) is 1.70. The molecular weight excluding hydrogens is 288 g/mol. The van der Waals surface area contributed by atoms with Gasteiger partial charge in [-0.25, -0.2) is 0 Å². The molecule has 21 heavy (non-hydrogen) atoms. The zero-order valence-electron chi connectivity index (χ0n) is 13.2. The van der Waals surface area contributed by atoms with Gasteiger partial charge in [0.2, 0.25) is 0 Å². The molecule has 0 amide bonds. The molecule has 1 aromatic rings. The average Bonchev–Trinajstić information content (AvgIpc) is 2.42. The van der Waals surface area contributed by atoms with Crippen LogP contribution in [0.1, 0.15) is 26.3 Å². The lowest BCUT2D eigenvalue weighted by atomic mass is 10.1. The van der Waals surface area contributed by atoms with Gasteiger partial charge in [0.1, 0.15) is 0 Å². The van der Waals surface area contributed by atoms with Gasteiger partial charge in [0.15, 0.2) is 11.5 Å². The Morgan fingerprint density at radius 3 is 2.57 bits per heavy atom. The van der Waals surface area contributed by atoms with Gasteiger partial charge in [-0.15, -0.1) is 12.4 Å². The van der Waals surface area contributed by atoms with Gasteiger partial charge in [0.05, 0.1) is 13.2 Å². The molecule has 1 aliphatic rings. The molecule has 1 atom stereocenters. The van der Waals surface area contributed by atoms with E-state index in [9.17, 15) is 0 Å². The van der Waals surface area contributed by atoms with Crippen molar-refractivity contribution >= 4 is 12.4 Å². The molecule has 0 spiro atoms. The Hall–Kier alpha value is -0.970. The maximum Gasteiger partial charge on any atom is 0.161 e. The first kappa shape index (κ1) is 18.1. The van der Waals surface area contributed by atoms with E-state index in [0.29, 0.717) is 19.3 Å². The van der Waals surface area contributed by atoms with E-state index in [1.165, 1.54) is 5.56 Å². The van der Waals surface area contributed by atoms with Gasteiger partial charge >= 0.3 is 0 Å². The fraction of sp³-hybridized carbons (Fsp3) is 0.625. The third-order valence-electron chi connectivity index (χ3n) is 3.47. The van der Waals surface area contributed by atoms with E-state index in [4.69, 9.17) is 9.47 Å². The number of piperazine rings is 1. The van der Waals surface area contributed by atoms with E-state index in [1.54, 1.807) is 0 Å². The van der Waals surface area contributed by atoms with Crippen LogP contribution in [0.5, 0.6) is 11.5 Å². The van der Waals surface area contributed by atoms with E-state index < -0.39 is 0 Å². The molecule has 0 bridgehead atoms. The number of ether oxygens (including phenoxy) is 2. The molecule has 2 rings (SSSR count). The monoisotopic (exact) mass is 314 g/mol. The molecular formula is C16H27ClN2O2. The van der Waals surface area contributed by atoms with Crippen molar-refractivity contribution < 1.29 is 9.47 Å². The molecule has 120 valence electrons. The minimum absolute atomic E-state index is 0.